The molecule has 1 unspecified atom stereocenters. The molecule has 2 amide bonds. The molecule has 170 valence electrons. The van der Waals surface area contributed by atoms with E-state index in [2.05, 4.69) is 0 Å². The predicted octanol–water partition coefficient (Wildman–Crippen LogP) is 3.33. The van der Waals surface area contributed by atoms with Crippen LogP contribution in [0.25, 0.3) is 0 Å². The zero-order chi connectivity index (χ0) is 23.2. The van der Waals surface area contributed by atoms with E-state index in [-0.39, 0.29) is 17.6 Å². The molecule has 0 bridgehead atoms. The Kier molecular flexibility index (Phi) is 6.88. The van der Waals surface area contributed by atoms with E-state index in [0.29, 0.717) is 26.2 Å². The maximum absolute atomic E-state index is 13.2. The Morgan fingerprint density at radius 3 is 1.85 bits per heavy atom. The molecule has 1 aromatic heterocycles. The summed E-state index contributed by atoms with van der Waals surface area (Å²) in [5, 5.41) is 0. The van der Waals surface area contributed by atoms with Gasteiger partial charge in [0.15, 0.2) is 11.9 Å². The molecule has 1 aliphatic rings. The van der Waals surface area contributed by atoms with Crippen molar-refractivity contribution >= 4 is 17.8 Å². The fourth-order valence-corrected chi connectivity index (χ4v) is 3.99. The molecule has 0 saturated carbocycles. The first kappa shape index (κ1) is 22.3. The highest BCUT2D eigenvalue weighted by Gasteiger charge is 2.32. The van der Waals surface area contributed by atoms with Gasteiger partial charge in [-0.2, -0.15) is 0 Å². The Hall–Kier alpha value is -3.87. The number of benzene rings is 2. The number of ether oxygens (including phenoxy) is 1. The highest BCUT2D eigenvalue weighted by atomic mass is 16.5. The van der Waals surface area contributed by atoms with Gasteiger partial charge in [0.1, 0.15) is 5.92 Å². The van der Waals surface area contributed by atoms with Crippen molar-refractivity contribution < 1.29 is 23.5 Å². The zero-order valence-corrected chi connectivity index (χ0v) is 18.4. The van der Waals surface area contributed by atoms with Gasteiger partial charge in [0.2, 0.25) is 0 Å². The Morgan fingerprint density at radius 2 is 1.33 bits per heavy atom. The summed E-state index contributed by atoms with van der Waals surface area (Å²) in [6, 6.07) is 22.1. The molecule has 1 atom stereocenters. The van der Waals surface area contributed by atoms with Crippen molar-refractivity contribution in [2.45, 2.75) is 18.9 Å². The van der Waals surface area contributed by atoms with Crippen LogP contribution in [0, 0.1) is 0 Å². The summed E-state index contributed by atoms with van der Waals surface area (Å²) in [6.45, 7) is 3.11. The Bertz CT molecular complexity index is 1030. The number of piperazine rings is 1. The van der Waals surface area contributed by atoms with Gasteiger partial charge in [-0.3, -0.25) is 14.4 Å². The molecule has 0 aliphatic carbocycles. The summed E-state index contributed by atoms with van der Waals surface area (Å²) in [4.78, 5) is 41.8. The molecule has 7 heteroatoms. The minimum Gasteiger partial charge on any atom is -0.459 e. The number of esters is 1. The first-order chi connectivity index (χ1) is 16.0. The van der Waals surface area contributed by atoms with E-state index in [0.717, 1.165) is 11.1 Å². The van der Waals surface area contributed by atoms with E-state index in [9.17, 15) is 14.4 Å². The summed E-state index contributed by atoms with van der Waals surface area (Å²) in [6.07, 6.45) is 0.529. The topological polar surface area (TPSA) is 80.1 Å². The van der Waals surface area contributed by atoms with Crippen LogP contribution in [0.15, 0.2) is 83.5 Å². The number of hydrogen-bond donors (Lipinski definition) is 0. The van der Waals surface area contributed by atoms with Gasteiger partial charge in [0, 0.05) is 26.2 Å². The van der Waals surface area contributed by atoms with Crippen LogP contribution in [0.2, 0.25) is 0 Å². The molecule has 0 radical (unpaired) electrons. The maximum Gasteiger partial charge on any atom is 0.318 e. The summed E-state index contributed by atoms with van der Waals surface area (Å²) in [5.74, 6) is -1.27. The summed E-state index contributed by atoms with van der Waals surface area (Å²) in [7, 11) is 0. The van der Waals surface area contributed by atoms with Crippen molar-refractivity contribution in [3.05, 3.63) is 95.9 Å². The Morgan fingerprint density at radius 1 is 0.788 bits per heavy atom. The normalized spacial score (nSPS) is 14.7. The van der Waals surface area contributed by atoms with Gasteiger partial charge in [-0.25, -0.2) is 0 Å². The standard InChI is InChI=1S/C26H26N2O5/c1-19(24(29)27-14-16-28(17-15-27)25(30)22-13-8-18-32-22)33-26(31)23(20-9-4-2-5-10-20)21-11-6-3-7-12-21/h2-13,18-19,23H,14-17H2,1H3. The molecular formula is C26H26N2O5. The number of furan rings is 1. The van der Waals surface area contributed by atoms with Gasteiger partial charge < -0.3 is 19.0 Å². The third kappa shape index (κ3) is 5.14. The first-order valence-electron chi connectivity index (χ1n) is 11.0. The largest absolute Gasteiger partial charge is 0.459 e. The average Bonchev–Trinajstić information content (AvgIpc) is 3.40. The zero-order valence-electron chi connectivity index (χ0n) is 18.4. The Balaban J connectivity index is 1.38. The molecule has 1 aliphatic heterocycles. The average molecular weight is 447 g/mol. The van der Waals surface area contributed by atoms with Crippen LogP contribution in [-0.2, 0) is 14.3 Å². The summed E-state index contributed by atoms with van der Waals surface area (Å²) < 4.78 is 10.8. The van der Waals surface area contributed by atoms with Gasteiger partial charge in [-0.1, -0.05) is 60.7 Å². The minimum atomic E-state index is -0.931. The van der Waals surface area contributed by atoms with Crippen molar-refractivity contribution in [3.63, 3.8) is 0 Å². The smallest absolute Gasteiger partial charge is 0.318 e. The van der Waals surface area contributed by atoms with Crippen LogP contribution in [0.5, 0.6) is 0 Å². The Labute approximate surface area is 192 Å². The van der Waals surface area contributed by atoms with Crippen LogP contribution >= 0.6 is 0 Å². The molecular weight excluding hydrogens is 420 g/mol. The summed E-state index contributed by atoms with van der Waals surface area (Å²) in [5.41, 5.74) is 1.61. The molecule has 7 nitrogen and oxygen atoms in total. The lowest BCUT2D eigenvalue weighted by atomic mass is 9.91. The van der Waals surface area contributed by atoms with Crippen LogP contribution in [0.3, 0.4) is 0 Å². The lowest BCUT2D eigenvalue weighted by Crippen LogP contribution is -2.53. The maximum atomic E-state index is 13.2. The lowest BCUT2D eigenvalue weighted by molar-refractivity contribution is -0.160. The molecule has 2 heterocycles. The van der Waals surface area contributed by atoms with Crippen molar-refractivity contribution in [2.24, 2.45) is 0 Å². The number of carbonyl (C=O) groups is 3. The molecule has 4 rings (SSSR count). The minimum absolute atomic E-state index is 0.194. The van der Waals surface area contributed by atoms with Gasteiger partial charge >= 0.3 is 5.97 Å². The molecule has 3 aromatic rings. The monoisotopic (exact) mass is 446 g/mol. The number of hydrogen-bond acceptors (Lipinski definition) is 5. The summed E-state index contributed by atoms with van der Waals surface area (Å²) >= 11 is 0. The van der Waals surface area contributed by atoms with Crippen molar-refractivity contribution in [1.29, 1.82) is 0 Å². The number of nitrogens with zero attached hydrogens (tertiary/aromatic N) is 2. The fraction of sp³-hybridized carbons (Fsp3) is 0.269. The van der Waals surface area contributed by atoms with E-state index in [1.54, 1.807) is 28.9 Å². The van der Waals surface area contributed by atoms with Crippen LogP contribution < -0.4 is 0 Å². The highest BCUT2D eigenvalue weighted by molar-refractivity contribution is 5.92. The third-order valence-electron chi connectivity index (χ3n) is 5.75. The first-order valence-corrected chi connectivity index (χ1v) is 11.0. The molecule has 0 N–H and O–H groups in total. The number of amides is 2. The van der Waals surface area contributed by atoms with E-state index in [1.807, 2.05) is 60.7 Å². The van der Waals surface area contributed by atoms with Gasteiger partial charge in [-0.15, -0.1) is 0 Å². The lowest BCUT2D eigenvalue weighted by Gasteiger charge is -2.35. The van der Waals surface area contributed by atoms with Crippen LogP contribution in [-0.4, -0.2) is 59.9 Å². The van der Waals surface area contributed by atoms with Crippen LogP contribution in [0.4, 0.5) is 0 Å². The van der Waals surface area contributed by atoms with E-state index >= 15 is 0 Å². The third-order valence-corrected chi connectivity index (χ3v) is 5.75. The molecule has 1 fully saturated rings. The van der Waals surface area contributed by atoms with Crippen molar-refractivity contribution in [2.75, 3.05) is 26.2 Å². The number of rotatable bonds is 6. The molecule has 1 saturated heterocycles. The van der Waals surface area contributed by atoms with E-state index < -0.39 is 18.0 Å². The van der Waals surface area contributed by atoms with Crippen LogP contribution in [0.1, 0.15) is 34.5 Å². The van der Waals surface area contributed by atoms with Gasteiger partial charge in [0.25, 0.3) is 11.8 Å². The highest BCUT2D eigenvalue weighted by Crippen LogP contribution is 2.26. The predicted molar refractivity (Wildman–Crippen MR) is 121 cm³/mol. The fourth-order valence-electron chi connectivity index (χ4n) is 3.99. The number of carbonyl (C=O) groups excluding carboxylic acids is 3. The second kappa shape index (κ2) is 10.2. The SMILES string of the molecule is CC(OC(=O)C(c1ccccc1)c1ccccc1)C(=O)N1CCN(C(=O)c2ccco2)CC1. The molecule has 33 heavy (non-hydrogen) atoms. The van der Waals surface area contributed by atoms with E-state index in [4.69, 9.17) is 9.15 Å². The van der Waals surface area contributed by atoms with Crippen molar-refractivity contribution in [3.8, 4) is 0 Å². The molecule has 0 spiro atoms. The van der Waals surface area contributed by atoms with E-state index in [1.165, 1.54) is 6.26 Å². The van der Waals surface area contributed by atoms with Gasteiger partial charge in [0.05, 0.1) is 6.26 Å². The second-order valence-corrected chi connectivity index (χ2v) is 7.93. The van der Waals surface area contributed by atoms with Crippen molar-refractivity contribution in [1.82, 2.24) is 9.80 Å². The molecule has 2 aromatic carbocycles. The van der Waals surface area contributed by atoms with Gasteiger partial charge in [-0.05, 0) is 30.2 Å². The second-order valence-electron chi connectivity index (χ2n) is 7.93. The quantitative estimate of drug-likeness (QED) is 0.543.